The Kier molecular flexibility index (Phi) is 2.52. The molecule has 4 atom stereocenters. The monoisotopic (exact) mass is 252 g/mol. The number of ether oxygens (including phenoxy) is 1. The van der Waals surface area contributed by atoms with Gasteiger partial charge in [0, 0.05) is 11.3 Å². The van der Waals surface area contributed by atoms with Gasteiger partial charge in [0.1, 0.15) is 0 Å². The van der Waals surface area contributed by atoms with E-state index in [4.69, 9.17) is 4.74 Å². The van der Waals surface area contributed by atoms with Crippen LogP contribution in [-0.2, 0) is 4.74 Å². The molecule has 1 saturated heterocycles. The molecule has 2 aliphatic carbocycles. The molecule has 18 heavy (non-hydrogen) atoms. The van der Waals surface area contributed by atoms with Gasteiger partial charge in [0.25, 0.3) is 0 Å². The van der Waals surface area contributed by atoms with Gasteiger partial charge in [-0.15, -0.1) is 0 Å². The van der Waals surface area contributed by atoms with E-state index >= 15 is 0 Å². The fourth-order valence-corrected chi connectivity index (χ4v) is 4.11. The van der Waals surface area contributed by atoms with Gasteiger partial charge in [0.15, 0.2) is 0 Å². The first-order valence-corrected chi connectivity index (χ1v) is 7.05. The maximum atomic E-state index is 10.4. The normalized spacial score (nSPS) is 47.7. The van der Waals surface area contributed by atoms with Crippen LogP contribution in [0, 0.1) is 11.3 Å². The summed E-state index contributed by atoms with van der Waals surface area (Å²) in [5.41, 5.74) is 0.206. The first kappa shape index (κ1) is 12.6. The van der Waals surface area contributed by atoms with Crippen molar-refractivity contribution in [3.8, 4) is 0 Å². The number of hydrogen-bond donors (Lipinski definition) is 2. The molecule has 0 aromatic carbocycles. The van der Waals surface area contributed by atoms with Crippen molar-refractivity contribution in [2.75, 3.05) is 6.61 Å². The molecule has 3 nitrogen and oxygen atoms in total. The highest BCUT2D eigenvalue weighted by molar-refractivity contribution is 5.36. The predicted octanol–water partition coefficient (Wildman–Crippen LogP) is 2.02. The maximum Gasteiger partial charge on any atom is 0.0872 e. The molecular weight excluding hydrogens is 228 g/mol. The second kappa shape index (κ2) is 3.59. The highest BCUT2D eigenvalue weighted by Crippen LogP contribution is 2.59. The van der Waals surface area contributed by atoms with Crippen molar-refractivity contribution in [1.82, 2.24) is 0 Å². The summed E-state index contributed by atoms with van der Waals surface area (Å²) >= 11 is 0. The van der Waals surface area contributed by atoms with Crippen molar-refractivity contribution in [1.29, 1.82) is 0 Å². The van der Waals surface area contributed by atoms with Crippen molar-refractivity contribution in [3.05, 3.63) is 11.6 Å². The van der Waals surface area contributed by atoms with E-state index in [-0.39, 0.29) is 23.0 Å². The van der Waals surface area contributed by atoms with Gasteiger partial charge >= 0.3 is 0 Å². The first-order chi connectivity index (χ1) is 8.28. The molecule has 2 bridgehead atoms. The average Bonchev–Trinajstić information content (AvgIpc) is 2.54. The predicted molar refractivity (Wildman–Crippen MR) is 69.1 cm³/mol. The Hall–Kier alpha value is -0.380. The maximum absolute atomic E-state index is 10.4. The minimum atomic E-state index is -0.688. The van der Waals surface area contributed by atoms with Gasteiger partial charge in [-0.1, -0.05) is 6.08 Å². The van der Waals surface area contributed by atoms with Gasteiger partial charge in [-0.3, -0.25) is 0 Å². The molecule has 2 fully saturated rings. The molecule has 2 N–H and O–H groups in total. The van der Waals surface area contributed by atoms with Crippen LogP contribution < -0.4 is 0 Å². The van der Waals surface area contributed by atoms with Crippen LogP contribution in [0.5, 0.6) is 0 Å². The largest absolute Gasteiger partial charge is 0.392 e. The lowest BCUT2D eigenvalue weighted by Gasteiger charge is -2.47. The van der Waals surface area contributed by atoms with Gasteiger partial charge < -0.3 is 14.9 Å². The highest BCUT2D eigenvalue weighted by atomic mass is 16.5. The Labute approximate surface area is 109 Å². The zero-order valence-corrected chi connectivity index (χ0v) is 11.6. The highest BCUT2D eigenvalue weighted by Gasteiger charge is 2.60. The Morgan fingerprint density at radius 1 is 1.33 bits per heavy atom. The van der Waals surface area contributed by atoms with Crippen LogP contribution in [0.25, 0.3) is 0 Å². The third-order valence-electron chi connectivity index (χ3n) is 5.46. The van der Waals surface area contributed by atoms with Crippen LogP contribution >= 0.6 is 0 Å². The van der Waals surface area contributed by atoms with Crippen LogP contribution in [-0.4, -0.2) is 34.1 Å². The van der Waals surface area contributed by atoms with E-state index in [0.717, 1.165) is 25.7 Å². The Bertz CT molecular complexity index is 395. The van der Waals surface area contributed by atoms with Gasteiger partial charge in [-0.2, -0.15) is 0 Å². The third kappa shape index (κ3) is 1.54. The number of aliphatic hydroxyl groups excluding tert-OH is 1. The Morgan fingerprint density at radius 2 is 2.06 bits per heavy atom. The van der Waals surface area contributed by atoms with Crippen LogP contribution in [0.3, 0.4) is 0 Å². The summed E-state index contributed by atoms with van der Waals surface area (Å²) in [7, 11) is 0. The topological polar surface area (TPSA) is 49.7 Å². The average molecular weight is 252 g/mol. The third-order valence-corrected chi connectivity index (χ3v) is 5.46. The summed E-state index contributed by atoms with van der Waals surface area (Å²) in [6, 6.07) is 0. The van der Waals surface area contributed by atoms with Crippen molar-refractivity contribution in [3.63, 3.8) is 0 Å². The fourth-order valence-electron chi connectivity index (χ4n) is 4.11. The smallest absolute Gasteiger partial charge is 0.0872 e. The Balaban J connectivity index is 2.04. The summed E-state index contributed by atoms with van der Waals surface area (Å²) in [4.78, 5) is 0. The molecule has 3 rings (SSSR count). The lowest BCUT2D eigenvalue weighted by atomic mass is 9.58. The molecular formula is C15H24O3. The summed E-state index contributed by atoms with van der Waals surface area (Å²) in [6.07, 6.45) is 5.52. The summed E-state index contributed by atoms with van der Waals surface area (Å²) in [5.74, 6) is 0.173. The quantitative estimate of drug-likeness (QED) is 0.702. The zero-order valence-electron chi connectivity index (χ0n) is 11.6. The van der Waals surface area contributed by atoms with Crippen molar-refractivity contribution < 1.29 is 14.9 Å². The molecule has 4 unspecified atom stereocenters. The van der Waals surface area contributed by atoms with Gasteiger partial charge in [0.2, 0.25) is 0 Å². The van der Waals surface area contributed by atoms with E-state index in [9.17, 15) is 10.2 Å². The lowest BCUT2D eigenvalue weighted by Crippen LogP contribution is -2.48. The Morgan fingerprint density at radius 3 is 2.72 bits per heavy atom. The number of hydrogen-bond acceptors (Lipinski definition) is 3. The van der Waals surface area contributed by atoms with E-state index in [0.29, 0.717) is 6.61 Å². The molecule has 3 aliphatic rings. The number of aliphatic hydroxyl groups is 2. The second-order valence-corrected chi connectivity index (χ2v) is 7.11. The summed E-state index contributed by atoms with van der Waals surface area (Å²) in [5, 5.41) is 20.6. The molecule has 0 spiro atoms. The first-order valence-electron chi connectivity index (χ1n) is 7.05. The molecule has 3 heteroatoms. The second-order valence-electron chi connectivity index (χ2n) is 7.11. The van der Waals surface area contributed by atoms with E-state index in [1.54, 1.807) is 0 Å². The van der Waals surface area contributed by atoms with E-state index in [1.165, 1.54) is 5.57 Å². The minimum Gasteiger partial charge on any atom is -0.392 e. The zero-order chi connectivity index (χ0) is 13.2. The number of rotatable bonds is 1. The van der Waals surface area contributed by atoms with Crippen LogP contribution in [0.4, 0.5) is 0 Å². The molecule has 0 aromatic heterocycles. The van der Waals surface area contributed by atoms with Gasteiger partial charge in [-0.25, -0.2) is 0 Å². The molecule has 1 heterocycles. The molecule has 102 valence electrons. The summed E-state index contributed by atoms with van der Waals surface area (Å²) in [6.45, 7) is 6.53. The summed E-state index contributed by atoms with van der Waals surface area (Å²) < 4.78 is 6.02. The molecule has 1 saturated carbocycles. The minimum absolute atomic E-state index is 0.158. The van der Waals surface area contributed by atoms with Gasteiger partial charge in [0.05, 0.1) is 23.9 Å². The van der Waals surface area contributed by atoms with Crippen molar-refractivity contribution in [2.24, 2.45) is 11.3 Å². The standard InChI is InChI=1S/C15H24O3/c1-13(2,17)10-4-7-15-9-18-14(3,11(15)8-10)6-5-12(15)16/h8,10,12,16-17H,4-7,9H2,1-3H3. The van der Waals surface area contributed by atoms with Crippen LogP contribution in [0.1, 0.15) is 46.5 Å². The van der Waals surface area contributed by atoms with E-state index in [2.05, 4.69) is 13.0 Å². The van der Waals surface area contributed by atoms with Crippen molar-refractivity contribution >= 4 is 0 Å². The van der Waals surface area contributed by atoms with E-state index < -0.39 is 5.60 Å². The molecule has 0 aromatic rings. The van der Waals surface area contributed by atoms with Crippen molar-refractivity contribution in [2.45, 2.75) is 63.8 Å². The SMILES string of the molecule is CC12CCC(O)C3(CCC(C(C)(C)O)C=C13)CO2. The molecule has 0 radical (unpaired) electrons. The van der Waals surface area contributed by atoms with Crippen LogP contribution in [0.15, 0.2) is 11.6 Å². The lowest BCUT2D eigenvalue weighted by molar-refractivity contribution is -0.00756. The van der Waals surface area contributed by atoms with E-state index in [1.807, 2.05) is 13.8 Å². The molecule has 1 aliphatic heterocycles. The van der Waals surface area contributed by atoms with Crippen LogP contribution in [0.2, 0.25) is 0 Å². The molecule has 0 amide bonds. The van der Waals surface area contributed by atoms with Gasteiger partial charge in [-0.05, 0) is 52.0 Å². The fraction of sp³-hybridized carbons (Fsp3) is 0.867.